The molecular weight excluding hydrogens is 256 g/mol. The third-order valence-electron chi connectivity index (χ3n) is 4.63. The van der Waals surface area contributed by atoms with Gasteiger partial charge in [-0.25, -0.2) is 0 Å². The van der Waals surface area contributed by atoms with Gasteiger partial charge >= 0.3 is 0 Å². The van der Waals surface area contributed by atoms with Gasteiger partial charge in [-0.15, -0.1) is 0 Å². The highest BCUT2D eigenvalue weighted by Gasteiger charge is 2.46. The lowest BCUT2D eigenvalue weighted by molar-refractivity contribution is -0.189. The average molecular weight is 284 g/mol. The van der Waals surface area contributed by atoms with Crippen molar-refractivity contribution in [3.8, 4) is 0 Å². The molecule has 0 aromatic heterocycles. The monoisotopic (exact) mass is 284 g/mol. The highest BCUT2D eigenvalue weighted by molar-refractivity contribution is 5.86. The molecule has 0 aliphatic carbocycles. The smallest absolute Gasteiger partial charge is 0.243 e. The molecule has 2 fully saturated rings. The van der Waals surface area contributed by atoms with Crippen molar-refractivity contribution in [3.05, 3.63) is 0 Å². The summed E-state index contributed by atoms with van der Waals surface area (Å²) < 4.78 is 11.2. The van der Waals surface area contributed by atoms with Crippen LogP contribution in [0.1, 0.15) is 39.5 Å². The van der Waals surface area contributed by atoms with Crippen LogP contribution in [0.15, 0.2) is 0 Å². The molecule has 0 radical (unpaired) electrons. The molecule has 0 bridgehead atoms. The lowest BCUT2D eigenvalue weighted by Crippen LogP contribution is -2.58. The minimum Gasteiger partial charge on any atom is -0.351 e. The van der Waals surface area contributed by atoms with Crippen LogP contribution in [-0.2, 0) is 14.3 Å². The standard InChI is InChI=1S/C15H28N2O3/c1-4-10-19-13-12-17(9-11-20-13)14(18)15(5-2)7-6-8-16(15)3/h13H,4-12H2,1-3H3. The summed E-state index contributed by atoms with van der Waals surface area (Å²) in [5, 5.41) is 0. The summed E-state index contributed by atoms with van der Waals surface area (Å²) in [4.78, 5) is 17.1. The molecule has 0 N–H and O–H groups in total. The van der Waals surface area contributed by atoms with Crippen molar-refractivity contribution in [1.29, 1.82) is 0 Å². The van der Waals surface area contributed by atoms with E-state index in [-0.39, 0.29) is 17.7 Å². The van der Waals surface area contributed by atoms with E-state index in [4.69, 9.17) is 9.47 Å². The molecular formula is C15H28N2O3. The van der Waals surface area contributed by atoms with Crippen LogP contribution in [0, 0.1) is 0 Å². The molecule has 2 rings (SSSR count). The molecule has 5 heteroatoms. The number of likely N-dealkylation sites (N-methyl/N-ethyl adjacent to an activating group) is 1. The van der Waals surface area contributed by atoms with E-state index >= 15 is 0 Å². The summed E-state index contributed by atoms with van der Waals surface area (Å²) in [6.45, 7) is 7.71. The zero-order valence-electron chi connectivity index (χ0n) is 13.1. The highest BCUT2D eigenvalue weighted by Crippen LogP contribution is 2.33. The Morgan fingerprint density at radius 2 is 2.20 bits per heavy atom. The molecule has 2 aliphatic heterocycles. The minimum atomic E-state index is -0.299. The van der Waals surface area contributed by atoms with Crippen LogP contribution in [0.3, 0.4) is 0 Å². The van der Waals surface area contributed by atoms with Gasteiger partial charge in [0.25, 0.3) is 0 Å². The van der Waals surface area contributed by atoms with Gasteiger partial charge in [-0.2, -0.15) is 0 Å². The summed E-state index contributed by atoms with van der Waals surface area (Å²) in [7, 11) is 2.07. The van der Waals surface area contributed by atoms with E-state index in [0.717, 1.165) is 32.2 Å². The van der Waals surface area contributed by atoms with Gasteiger partial charge in [0.15, 0.2) is 6.29 Å². The molecule has 2 heterocycles. The number of amides is 1. The van der Waals surface area contributed by atoms with Gasteiger partial charge in [0, 0.05) is 13.2 Å². The Morgan fingerprint density at radius 3 is 2.80 bits per heavy atom. The number of hydrogen-bond donors (Lipinski definition) is 0. The van der Waals surface area contributed by atoms with Crippen LogP contribution < -0.4 is 0 Å². The largest absolute Gasteiger partial charge is 0.351 e. The SMILES string of the molecule is CCCOC1CN(C(=O)C2(CC)CCCN2C)CCO1. The first-order valence-electron chi connectivity index (χ1n) is 7.88. The topological polar surface area (TPSA) is 42.0 Å². The molecule has 0 aromatic carbocycles. The maximum absolute atomic E-state index is 13.0. The van der Waals surface area contributed by atoms with E-state index in [9.17, 15) is 4.79 Å². The Labute approximate surface area is 122 Å². The molecule has 0 spiro atoms. The van der Waals surface area contributed by atoms with E-state index in [0.29, 0.717) is 26.3 Å². The molecule has 1 amide bonds. The molecule has 2 saturated heterocycles. The lowest BCUT2D eigenvalue weighted by atomic mass is 9.91. The number of rotatable bonds is 5. The van der Waals surface area contributed by atoms with E-state index in [1.807, 2.05) is 4.90 Å². The van der Waals surface area contributed by atoms with Crippen LogP contribution in [0.25, 0.3) is 0 Å². The van der Waals surface area contributed by atoms with Crippen molar-refractivity contribution in [1.82, 2.24) is 9.80 Å². The Morgan fingerprint density at radius 1 is 1.40 bits per heavy atom. The number of hydrogen-bond acceptors (Lipinski definition) is 4. The number of carbonyl (C=O) groups is 1. The summed E-state index contributed by atoms with van der Waals surface area (Å²) in [5.41, 5.74) is -0.299. The van der Waals surface area contributed by atoms with E-state index in [1.54, 1.807) is 0 Å². The maximum Gasteiger partial charge on any atom is 0.243 e. The van der Waals surface area contributed by atoms with Crippen molar-refractivity contribution in [3.63, 3.8) is 0 Å². The van der Waals surface area contributed by atoms with Crippen LogP contribution in [0.2, 0.25) is 0 Å². The van der Waals surface area contributed by atoms with Crippen molar-refractivity contribution in [2.24, 2.45) is 0 Å². The van der Waals surface area contributed by atoms with Gasteiger partial charge in [0.05, 0.1) is 13.2 Å². The van der Waals surface area contributed by atoms with Crippen molar-refractivity contribution < 1.29 is 14.3 Å². The Bertz CT molecular complexity index is 337. The van der Waals surface area contributed by atoms with Crippen LogP contribution in [0.5, 0.6) is 0 Å². The Balaban J connectivity index is 2.00. The first-order valence-corrected chi connectivity index (χ1v) is 7.88. The number of carbonyl (C=O) groups excluding carboxylic acids is 1. The predicted octanol–water partition coefficient (Wildman–Crippen LogP) is 1.47. The Hall–Kier alpha value is -0.650. The maximum atomic E-state index is 13.0. The summed E-state index contributed by atoms with van der Waals surface area (Å²) >= 11 is 0. The number of nitrogens with zero attached hydrogens (tertiary/aromatic N) is 2. The van der Waals surface area contributed by atoms with Crippen molar-refractivity contribution in [2.75, 3.05) is 39.9 Å². The third-order valence-corrected chi connectivity index (χ3v) is 4.63. The van der Waals surface area contributed by atoms with E-state index < -0.39 is 0 Å². The number of ether oxygens (including phenoxy) is 2. The zero-order valence-corrected chi connectivity index (χ0v) is 13.1. The first kappa shape index (κ1) is 15.7. The summed E-state index contributed by atoms with van der Waals surface area (Å²) in [5.74, 6) is 0.258. The summed E-state index contributed by atoms with van der Waals surface area (Å²) in [6.07, 6.45) is 3.66. The second kappa shape index (κ2) is 6.87. The lowest BCUT2D eigenvalue weighted by Gasteiger charge is -2.41. The van der Waals surface area contributed by atoms with Crippen LogP contribution >= 0.6 is 0 Å². The van der Waals surface area contributed by atoms with Gasteiger partial charge in [0.2, 0.25) is 5.91 Å². The first-order chi connectivity index (χ1) is 9.64. The fraction of sp³-hybridized carbons (Fsp3) is 0.933. The molecule has 2 unspecified atom stereocenters. The van der Waals surface area contributed by atoms with Crippen molar-refractivity contribution >= 4 is 5.91 Å². The minimum absolute atomic E-state index is 0.256. The third kappa shape index (κ3) is 3.00. The van der Waals surface area contributed by atoms with Crippen LogP contribution in [0.4, 0.5) is 0 Å². The van der Waals surface area contributed by atoms with Gasteiger partial charge in [0.1, 0.15) is 5.54 Å². The second-order valence-corrected chi connectivity index (χ2v) is 5.83. The van der Waals surface area contributed by atoms with Gasteiger partial charge in [-0.05, 0) is 39.3 Å². The highest BCUT2D eigenvalue weighted by atomic mass is 16.7. The fourth-order valence-corrected chi connectivity index (χ4v) is 3.33. The molecule has 5 nitrogen and oxygen atoms in total. The molecule has 0 saturated carbocycles. The molecule has 116 valence electrons. The van der Waals surface area contributed by atoms with E-state index in [1.165, 1.54) is 0 Å². The summed E-state index contributed by atoms with van der Waals surface area (Å²) in [6, 6.07) is 0. The number of likely N-dealkylation sites (tertiary alicyclic amines) is 1. The van der Waals surface area contributed by atoms with Gasteiger partial charge in [-0.3, -0.25) is 9.69 Å². The van der Waals surface area contributed by atoms with Gasteiger partial charge < -0.3 is 14.4 Å². The van der Waals surface area contributed by atoms with E-state index in [2.05, 4.69) is 25.8 Å². The predicted molar refractivity (Wildman–Crippen MR) is 77.4 cm³/mol. The Kier molecular flexibility index (Phi) is 5.41. The zero-order chi connectivity index (χ0) is 14.6. The quantitative estimate of drug-likeness (QED) is 0.767. The van der Waals surface area contributed by atoms with Crippen molar-refractivity contribution in [2.45, 2.75) is 51.4 Å². The van der Waals surface area contributed by atoms with Gasteiger partial charge in [-0.1, -0.05) is 13.8 Å². The average Bonchev–Trinajstić information content (AvgIpc) is 2.86. The van der Waals surface area contributed by atoms with Crippen LogP contribution in [-0.4, -0.2) is 67.4 Å². The normalized spacial score (nSPS) is 31.8. The molecule has 2 aliphatic rings. The molecule has 2 atom stereocenters. The second-order valence-electron chi connectivity index (χ2n) is 5.83. The fourth-order valence-electron chi connectivity index (χ4n) is 3.33. The molecule has 20 heavy (non-hydrogen) atoms. The molecule has 0 aromatic rings. The number of morpholine rings is 1.